The molecular formula is C18H18N4O2S. The highest BCUT2D eigenvalue weighted by atomic mass is 32.2. The summed E-state index contributed by atoms with van der Waals surface area (Å²) >= 11 is 1.34. The van der Waals surface area contributed by atoms with E-state index in [0.717, 1.165) is 22.5 Å². The van der Waals surface area contributed by atoms with E-state index in [9.17, 15) is 4.79 Å². The number of hydrogen-bond donors (Lipinski definition) is 2. The second-order valence-corrected chi connectivity index (χ2v) is 6.88. The molecule has 2 N–H and O–H groups in total. The van der Waals surface area contributed by atoms with Gasteiger partial charge in [-0.25, -0.2) is 9.97 Å². The summed E-state index contributed by atoms with van der Waals surface area (Å²) in [6.45, 7) is 0.388. The molecule has 1 aromatic carbocycles. The lowest BCUT2D eigenvalue weighted by Gasteiger charge is -2.10. The number of thioether (sulfide) groups is 1. The molecule has 1 amide bonds. The number of carbonyl (C=O) groups excluding carboxylic acids is 1. The Morgan fingerprint density at radius 2 is 2.08 bits per heavy atom. The Kier molecular flexibility index (Phi) is 4.56. The van der Waals surface area contributed by atoms with Crippen LogP contribution in [0.5, 0.6) is 0 Å². The molecule has 0 atom stereocenters. The van der Waals surface area contributed by atoms with Gasteiger partial charge in [-0.15, -0.1) is 0 Å². The van der Waals surface area contributed by atoms with Gasteiger partial charge in [0.1, 0.15) is 11.6 Å². The van der Waals surface area contributed by atoms with Crippen molar-refractivity contribution in [2.24, 2.45) is 0 Å². The third-order valence-corrected chi connectivity index (χ3v) is 4.72. The van der Waals surface area contributed by atoms with E-state index >= 15 is 0 Å². The van der Waals surface area contributed by atoms with Crippen LogP contribution in [0.25, 0.3) is 10.9 Å². The third-order valence-electron chi connectivity index (χ3n) is 3.87. The van der Waals surface area contributed by atoms with Crippen molar-refractivity contribution in [3.63, 3.8) is 0 Å². The number of para-hydroxylation sites is 1. The standard InChI is InChI=1S/C18H18N4O2S/c23-16(19-10-13-4-3-9-24-13)11-25-18-21-15-6-2-1-5-14(15)17(22-18)20-12-7-8-12/h1-6,9,12H,7-8,10-11H2,(H,19,23)(H,20,21,22). The minimum Gasteiger partial charge on any atom is -0.467 e. The molecular weight excluding hydrogens is 336 g/mol. The van der Waals surface area contributed by atoms with E-state index in [-0.39, 0.29) is 11.7 Å². The smallest absolute Gasteiger partial charge is 0.230 e. The maximum Gasteiger partial charge on any atom is 0.230 e. The van der Waals surface area contributed by atoms with Crippen LogP contribution in [0.3, 0.4) is 0 Å². The highest BCUT2D eigenvalue weighted by molar-refractivity contribution is 7.99. The molecule has 0 bridgehead atoms. The molecule has 0 spiro atoms. The van der Waals surface area contributed by atoms with Crippen LogP contribution in [0.4, 0.5) is 5.82 Å². The van der Waals surface area contributed by atoms with Gasteiger partial charge in [0.15, 0.2) is 5.16 Å². The zero-order valence-corrected chi connectivity index (χ0v) is 14.4. The molecule has 1 aliphatic carbocycles. The molecule has 1 fully saturated rings. The van der Waals surface area contributed by atoms with E-state index in [4.69, 9.17) is 4.42 Å². The maximum absolute atomic E-state index is 12.0. The van der Waals surface area contributed by atoms with E-state index in [1.54, 1.807) is 12.3 Å². The average Bonchev–Trinajstić information content (AvgIpc) is 3.29. The van der Waals surface area contributed by atoms with Gasteiger partial charge in [0.2, 0.25) is 5.91 Å². The van der Waals surface area contributed by atoms with Crippen molar-refractivity contribution in [2.75, 3.05) is 11.1 Å². The van der Waals surface area contributed by atoms with Crippen molar-refractivity contribution in [3.05, 3.63) is 48.4 Å². The van der Waals surface area contributed by atoms with Gasteiger partial charge in [-0.1, -0.05) is 23.9 Å². The Hall–Kier alpha value is -2.54. The van der Waals surface area contributed by atoms with Gasteiger partial charge < -0.3 is 15.1 Å². The fraction of sp³-hybridized carbons (Fsp3) is 0.278. The first-order chi connectivity index (χ1) is 12.3. The van der Waals surface area contributed by atoms with Gasteiger partial charge in [0, 0.05) is 11.4 Å². The number of anilines is 1. The monoisotopic (exact) mass is 354 g/mol. The SMILES string of the molecule is O=C(CSc1nc(NC2CC2)c2ccccc2n1)NCc1ccco1. The molecule has 7 heteroatoms. The van der Waals surface area contributed by atoms with Crippen LogP contribution in [0, 0.1) is 0 Å². The molecule has 0 saturated heterocycles. The summed E-state index contributed by atoms with van der Waals surface area (Å²) in [4.78, 5) is 21.2. The molecule has 0 radical (unpaired) electrons. The van der Waals surface area contributed by atoms with Crippen LogP contribution < -0.4 is 10.6 Å². The number of amides is 1. The van der Waals surface area contributed by atoms with Gasteiger partial charge in [-0.05, 0) is 37.1 Å². The number of fused-ring (bicyclic) bond motifs is 1. The predicted octanol–water partition coefficient (Wildman–Crippen LogP) is 3.21. The lowest BCUT2D eigenvalue weighted by atomic mass is 10.2. The van der Waals surface area contributed by atoms with Gasteiger partial charge in [0.25, 0.3) is 0 Å². The Balaban J connectivity index is 1.42. The highest BCUT2D eigenvalue weighted by Crippen LogP contribution is 2.29. The molecule has 2 heterocycles. The Bertz CT molecular complexity index is 878. The first-order valence-electron chi connectivity index (χ1n) is 8.23. The van der Waals surface area contributed by atoms with Crippen molar-refractivity contribution >= 4 is 34.4 Å². The fourth-order valence-corrected chi connectivity index (χ4v) is 3.11. The van der Waals surface area contributed by atoms with Crippen LogP contribution >= 0.6 is 11.8 Å². The second-order valence-electron chi connectivity index (χ2n) is 5.94. The molecule has 6 nitrogen and oxygen atoms in total. The molecule has 2 aromatic heterocycles. The molecule has 128 valence electrons. The summed E-state index contributed by atoms with van der Waals surface area (Å²) in [6, 6.07) is 12.1. The topological polar surface area (TPSA) is 80.0 Å². The van der Waals surface area contributed by atoms with E-state index in [1.807, 2.05) is 30.3 Å². The van der Waals surface area contributed by atoms with Crippen LogP contribution in [0.2, 0.25) is 0 Å². The van der Waals surface area contributed by atoms with Gasteiger partial charge in [0.05, 0.1) is 24.1 Å². The number of furan rings is 1. The van der Waals surface area contributed by atoms with E-state index < -0.39 is 0 Å². The summed E-state index contributed by atoms with van der Waals surface area (Å²) in [7, 11) is 0. The van der Waals surface area contributed by atoms with E-state index in [2.05, 4.69) is 20.6 Å². The van der Waals surface area contributed by atoms with Crippen LogP contribution in [-0.2, 0) is 11.3 Å². The minimum absolute atomic E-state index is 0.0742. The maximum atomic E-state index is 12.0. The Labute approximate surface area is 149 Å². The van der Waals surface area contributed by atoms with E-state index in [0.29, 0.717) is 17.7 Å². The molecule has 0 aliphatic heterocycles. The molecule has 3 aromatic rings. The number of rotatable bonds is 7. The number of hydrogen-bond acceptors (Lipinski definition) is 6. The highest BCUT2D eigenvalue weighted by Gasteiger charge is 2.22. The second kappa shape index (κ2) is 7.14. The third kappa shape index (κ3) is 4.11. The summed E-state index contributed by atoms with van der Waals surface area (Å²) in [5.74, 6) is 1.78. The quantitative estimate of drug-likeness (QED) is 0.501. The summed E-state index contributed by atoms with van der Waals surface area (Å²) in [6.07, 6.45) is 3.94. The molecule has 0 unspecified atom stereocenters. The van der Waals surface area contributed by atoms with Crippen LogP contribution in [-0.4, -0.2) is 27.7 Å². The van der Waals surface area contributed by atoms with Crippen LogP contribution in [0.15, 0.2) is 52.2 Å². The van der Waals surface area contributed by atoms with Gasteiger partial charge in [-0.3, -0.25) is 4.79 Å². The van der Waals surface area contributed by atoms with Crippen LogP contribution in [0.1, 0.15) is 18.6 Å². The summed E-state index contributed by atoms with van der Waals surface area (Å²) < 4.78 is 5.20. The van der Waals surface area contributed by atoms with Crippen molar-refractivity contribution in [2.45, 2.75) is 30.6 Å². The largest absolute Gasteiger partial charge is 0.467 e. The van der Waals surface area contributed by atoms with Crippen molar-refractivity contribution in [1.82, 2.24) is 15.3 Å². The Morgan fingerprint density at radius 3 is 2.88 bits per heavy atom. The lowest BCUT2D eigenvalue weighted by molar-refractivity contribution is -0.118. The summed E-state index contributed by atoms with van der Waals surface area (Å²) in [5.41, 5.74) is 0.888. The first kappa shape index (κ1) is 16.0. The zero-order chi connectivity index (χ0) is 17.1. The fourth-order valence-electron chi connectivity index (χ4n) is 2.43. The lowest BCUT2D eigenvalue weighted by Crippen LogP contribution is -2.24. The van der Waals surface area contributed by atoms with Crippen molar-refractivity contribution < 1.29 is 9.21 Å². The summed E-state index contributed by atoms with van der Waals surface area (Å²) in [5, 5.41) is 7.90. The Morgan fingerprint density at radius 1 is 1.20 bits per heavy atom. The van der Waals surface area contributed by atoms with Gasteiger partial charge in [-0.2, -0.15) is 0 Å². The average molecular weight is 354 g/mol. The van der Waals surface area contributed by atoms with Crippen molar-refractivity contribution in [1.29, 1.82) is 0 Å². The number of carbonyl (C=O) groups is 1. The zero-order valence-electron chi connectivity index (χ0n) is 13.6. The molecule has 4 rings (SSSR count). The predicted molar refractivity (Wildman–Crippen MR) is 97.5 cm³/mol. The number of nitrogens with zero attached hydrogens (tertiary/aromatic N) is 2. The number of aromatic nitrogens is 2. The van der Waals surface area contributed by atoms with Crippen molar-refractivity contribution in [3.8, 4) is 0 Å². The molecule has 1 saturated carbocycles. The van der Waals surface area contributed by atoms with E-state index in [1.165, 1.54) is 24.6 Å². The van der Waals surface area contributed by atoms with Gasteiger partial charge >= 0.3 is 0 Å². The number of benzene rings is 1. The number of nitrogens with one attached hydrogen (secondary N) is 2. The normalized spacial score (nSPS) is 13.8. The molecule has 1 aliphatic rings. The molecule has 25 heavy (non-hydrogen) atoms. The minimum atomic E-state index is -0.0742. The first-order valence-corrected chi connectivity index (χ1v) is 9.22.